The van der Waals surface area contributed by atoms with Crippen molar-refractivity contribution in [2.45, 2.75) is 0 Å². The minimum Gasteiger partial charge on any atom is -0.436 e. The first-order chi connectivity index (χ1) is 13.9. The van der Waals surface area contributed by atoms with Crippen LogP contribution >= 0.6 is 0 Å². The largest absolute Gasteiger partial charge is 0.436 e. The van der Waals surface area contributed by atoms with Crippen molar-refractivity contribution in [3.8, 4) is 22.9 Å². The first-order valence-corrected chi connectivity index (χ1v) is 9.10. The van der Waals surface area contributed by atoms with Crippen molar-refractivity contribution in [2.75, 3.05) is 0 Å². The number of aromatic nitrogens is 2. The van der Waals surface area contributed by atoms with E-state index in [0.717, 1.165) is 44.1 Å². The Kier molecular flexibility index (Phi) is 3.14. The van der Waals surface area contributed by atoms with Gasteiger partial charge in [-0.25, -0.2) is 9.97 Å². The van der Waals surface area contributed by atoms with E-state index < -0.39 is 0 Å². The number of rotatable bonds is 2. The molecule has 2 aromatic heterocycles. The lowest BCUT2D eigenvalue weighted by Gasteiger charge is -2.08. The third-order valence-corrected chi connectivity index (χ3v) is 4.96. The van der Waals surface area contributed by atoms with Crippen LogP contribution in [0.4, 0.5) is 0 Å². The lowest BCUT2D eigenvalue weighted by Crippen LogP contribution is -1.88. The molecule has 0 radical (unpaired) electrons. The minimum atomic E-state index is 0.559. The fraction of sp³-hybridized carbons (Fsp3) is 0. The summed E-state index contributed by atoms with van der Waals surface area (Å²) in [6.45, 7) is 0. The van der Waals surface area contributed by atoms with Gasteiger partial charge >= 0.3 is 0 Å². The van der Waals surface area contributed by atoms with Crippen LogP contribution in [0.25, 0.3) is 55.9 Å². The van der Waals surface area contributed by atoms with Crippen LogP contribution < -0.4 is 0 Å². The molecule has 0 fully saturated rings. The normalized spacial score (nSPS) is 11.6. The molecule has 0 aliphatic carbocycles. The average molecular weight is 362 g/mol. The Morgan fingerprint density at radius 3 is 1.89 bits per heavy atom. The van der Waals surface area contributed by atoms with Crippen molar-refractivity contribution >= 4 is 33.0 Å². The Morgan fingerprint density at radius 2 is 1.14 bits per heavy atom. The third kappa shape index (κ3) is 2.25. The second-order valence-corrected chi connectivity index (χ2v) is 6.68. The van der Waals surface area contributed by atoms with E-state index in [1.165, 1.54) is 0 Å². The van der Waals surface area contributed by atoms with Gasteiger partial charge in [0.25, 0.3) is 0 Å². The highest BCUT2D eigenvalue weighted by molar-refractivity contribution is 6.02. The van der Waals surface area contributed by atoms with Gasteiger partial charge in [0.2, 0.25) is 11.8 Å². The number of para-hydroxylation sites is 4. The molecule has 4 heteroatoms. The fourth-order valence-electron chi connectivity index (χ4n) is 3.65. The van der Waals surface area contributed by atoms with Gasteiger partial charge in [-0.15, -0.1) is 0 Å². The number of benzene rings is 4. The zero-order valence-corrected chi connectivity index (χ0v) is 14.8. The van der Waals surface area contributed by atoms with Gasteiger partial charge in [-0.05, 0) is 41.1 Å². The van der Waals surface area contributed by atoms with Crippen molar-refractivity contribution < 1.29 is 8.83 Å². The third-order valence-electron chi connectivity index (χ3n) is 4.96. The Hall–Kier alpha value is -3.92. The zero-order valence-electron chi connectivity index (χ0n) is 14.8. The second kappa shape index (κ2) is 5.79. The molecule has 6 aromatic rings. The molecule has 0 bridgehead atoms. The number of hydrogen-bond donors (Lipinski definition) is 0. The van der Waals surface area contributed by atoms with Crippen LogP contribution in [0.2, 0.25) is 0 Å². The van der Waals surface area contributed by atoms with E-state index in [1.54, 1.807) is 0 Å². The van der Waals surface area contributed by atoms with Gasteiger partial charge in [-0.2, -0.15) is 0 Å². The molecule has 0 unspecified atom stereocenters. The van der Waals surface area contributed by atoms with Gasteiger partial charge in [0.15, 0.2) is 11.2 Å². The average Bonchev–Trinajstić information content (AvgIpc) is 3.36. The smallest absolute Gasteiger partial charge is 0.228 e. The molecule has 6 rings (SSSR count). The van der Waals surface area contributed by atoms with E-state index in [-0.39, 0.29) is 0 Å². The molecule has 2 heterocycles. The van der Waals surface area contributed by atoms with Gasteiger partial charge in [-0.1, -0.05) is 54.6 Å². The van der Waals surface area contributed by atoms with Crippen LogP contribution in [0.3, 0.4) is 0 Å². The van der Waals surface area contributed by atoms with Gasteiger partial charge in [0, 0.05) is 0 Å². The van der Waals surface area contributed by atoms with Crippen LogP contribution in [0.15, 0.2) is 93.8 Å². The van der Waals surface area contributed by atoms with E-state index in [2.05, 4.69) is 18.2 Å². The summed E-state index contributed by atoms with van der Waals surface area (Å²) in [5, 5.41) is 2.16. The summed E-state index contributed by atoms with van der Waals surface area (Å²) in [6, 6.07) is 27.8. The summed E-state index contributed by atoms with van der Waals surface area (Å²) in [4.78, 5) is 9.43. The Morgan fingerprint density at radius 1 is 0.536 bits per heavy atom. The highest BCUT2D eigenvalue weighted by atomic mass is 16.4. The maximum Gasteiger partial charge on any atom is 0.228 e. The Labute approximate surface area is 160 Å². The lowest BCUT2D eigenvalue weighted by atomic mass is 9.98. The van der Waals surface area contributed by atoms with Crippen molar-refractivity contribution in [3.63, 3.8) is 0 Å². The van der Waals surface area contributed by atoms with Crippen LogP contribution in [-0.2, 0) is 0 Å². The van der Waals surface area contributed by atoms with Crippen LogP contribution in [0.5, 0.6) is 0 Å². The zero-order chi connectivity index (χ0) is 18.5. The van der Waals surface area contributed by atoms with Crippen molar-refractivity contribution in [3.05, 3.63) is 84.9 Å². The molecule has 0 N–H and O–H groups in total. The molecule has 132 valence electrons. The standard InChI is InChI=1S/C24H14N2O2/c1-2-8-16-15(7-1)13-14-17(23-25-18-9-3-5-11-20(18)27-23)22(16)24-26-19-10-4-6-12-21(19)28-24/h1-14H. The Bertz CT molecular complexity index is 1410. The molecule has 0 aliphatic heterocycles. The molecular weight excluding hydrogens is 348 g/mol. The molecule has 0 aliphatic rings. The predicted molar refractivity (Wildman–Crippen MR) is 110 cm³/mol. The molecule has 0 amide bonds. The van der Waals surface area contributed by atoms with E-state index in [1.807, 2.05) is 66.7 Å². The van der Waals surface area contributed by atoms with Crippen molar-refractivity contribution in [1.29, 1.82) is 0 Å². The maximum atomic E-state index is 6.12. The summed E-state index contributed by atoms with van der Waals surface area (Å²) < 4.78 is 12.2. The summed E-state index contributed by atoms with van der Waals surface area (Å²) in [6.07, 6.45) is 0. The van der Waals surface area contributed by atoms with Crippen molar-refractivity contribution in [2.24, 2.45) is 0 Å². The molecular formula is C24H14N2O2. The number of nitrogens with zero attached hydrogens (tertiary/aromatic N) is 2. The highest BCUT2D eigenvalue weighted by Gasteiger charge is 2.20. The predicted octanol–water partition coefficient (Wildman–Crippen LogP) is 6.46. The number of oxazole rings is 2. The molecule has 0 atom stereocenters. The van der Waals surface area contributed by atoms with Gasteiger partial charge in [0.1, 0.15) is 11.0 Å². The van der Waals surface area contributed by atoms with E-state index in [4.69, 9.17) is 18.8 Å². The molecule has 4 nitrogen and oxygen atoms in total. The quantitative estimate of drug-likeness (QED) is 0.355. The molecule has 28 heavy (non-hydrogen) atoms. The van der Waals surface area contributed by atoms with Crippen molar-refractivity contribution in [1.82, 2.24) is 9.97 Å². The summed E-state index contributed by atoms with van der Waals surface area (Å²) in [5.74, 6) is 1.12. The van der Waals surface area contributed by atoms with Gasteiger partial charge < -0.3 is 8.83 Å². The second-order valence-electron chi connectivity index (χ2n) is 6.68. The van der Waals surface area contributed by atoms with E-state index >= 15 is 0 Å². The van der Waals surface area contributed by atoms with E-state index in [9.17, 15) is 0 Å². The first kappa shape index (κ1) is 15.2. The van der Waals surface area contributed by atoms with Crippen LogP contribution in [0.1, 0.15) is 0 Å². The highest BCUT2D eigenvalue weighted by Crippen LogP contribution is 2.39. The summed E-state index contributed by atoms with van der Waals surface area (Å²) >= 11 is 0. The fourth-order valence-corrected chi connectivity index (χ4v) is 3.65. The summed E-state index contributed by atoms with van der Waals surface area (Å²) in [5.41, 5.74) is 4.92. The lowest BCUT2D eigenvalue weighted by molar-refractivity contribution is 0.612. The monoisotopic (exact) mass is 362 g/mol. The topological polar surface area (TPSA) is 52.1 Å². The maximum absolute atomic E-state index is 6.12. The molecule has 4 aromatic carbocycles. The molecule has 0 spiro atoms. The molecule has 0 saturated heterocycles. The van der Waals surface area contributed by atoms with Gasteiger partial charge in [-0.3, -0.25) is 0 Å². The van der Waals surface area contributed by atoms with Gasteiger partial charge in [0.05, 0.1) is 11.1 Å². The van der Waals surface area contributed by atoms with Crippen LogP contribution in [-0.4, -0.2) is 9.97 Å². The van der Waals surface area contributed by atoms with Crippen LogP contribution in [0, 0.1) is 0 Å². The number of fused-ring (bicyclic) bond motifs is 3. The Balaban J connectivity index is 1.70. The SMILES string of the molecule is c1ccc2c(-c3nc4ccccc4o3)c(-c3nc4ccccc4o3)ccc2c1. The summed E-state index contributed by atoms with van der Waals surface area (Å²) in [7, 11) is 0. The molecule has 0 saturated carbocycles. The van der Waals surface area contributed by atoms with E-state index in [0.29, 0.717) is 11.8 Å². The number of hydrogen-bond acceptors (Lipinski definition) is 4. The minimum absolute atomic E-state index is 0.559. The first-order valence-electron chi connectivity index (χ1n) is 9.10.